The molecular formula is C10H22N4O2S. The Balaban J connectivity index is 1.88. The maximum atomic E-state index is 12.1. The van der Waals surface area contributed by atoms with Gasteiger partial charge in [-0.25, -0.2) is 13.4 Å². The zero-order chi connectivity index (χ0) is 12.3. The maximum Gasteiger partial charge on any atom is 0.228 e. The van der Waals surface area contributed by atoms with Gasteiger partial charge in [0.1, 0.15) is 0 Å². The lowest BCUT2D eigenvalue weighted by molar-refractivity contribution is 0.134. The topological polar surface area (TPSA) is 64.7 Å². The highest BCUT2D eigenvalue weighted by Gasteiger charge is 2.29. The standard InChI is InChI=1S/C10H22N4O2S/c1-13-5-7-14(8-6-13)12-17(15,16)10-3-2-4-11-9-10/h10-12H,2-9H2,1H3. The van der Waals surface area contributed by atoms with Gasteiger partial charge in [0.2, 0.25) is 10.0 Å². The average molecular weight is 262 g/mol. The molecule has 2 aliphatic rings. The molecule has 0 aromatic carbocycles. The molecule has 0 bridgehead atoms. The SMILES string of the molecule is CN1CCN(NS(=O)(=O)C2CCCNC2)CC1. The van der Waals surface area contributed by atoms with Crippen molar-refractivity contribution in [2.45, 2.75) is 18.1 Å². The van der Waals surface area contributed by atoms with Crippen LogP contribution in [-0.2, 0) is 10.0 Å². The number of piperazine rings is 1. The summed E-state index contributed by atoms with van der Waals surface area (Å²) in [6.07, 6.45) is 1.70. The number of sulfonamides is 1. The van der Waals surface area contributed by atoms with E-state index < -0.39 is 10.0 Å². The molecule has 1 atom stereocenters. The van der Waals surface area contributed by atoms with Crippen LogP contribution >= 0.6 is 0 Å². The summed E-state index contributed by atoms with van der Waals surface area (Å²) in [5, 5.41) is 4.68. The Bertz CT molecular complexity index is 332. The van der Waals surface area contributed by atoms with Crippen molar-refractivity contribution in [3.05, 3.63) is 0 Å². The highest BCUT2D eigenvalue weighted by atomic mass is 32.2. The van der Waals surface area contributed by atoms with Crippen LogP contribution in [0.3, 0.4) is 0 Å². The number of hydrazine groups is 1. The summed E-state index contributed by atoms with van der Waals surface area (Å²) in [6.45, 7) is 4.84. The fourth-order valence-electron chi connectivity index (χ4n) is 2.24. The molecule has 17 heavy (non-hydrogen) atoms. The van der Waals surface area contributed by atoms with Gasteiger partial charge in [-0.2, -0.15) is 0 Å². The largest absolute Gasteiger partial charge is 0.315 e. The molecule has 0 aromatic heterocycles. The summed E-state index contributed by atoms with van der Waals surface area (Å²) in [7, 11) is -1.15. The molecule has 2 heterocycles. The molecule has 2 fully saturated rings. The van der Waals surface area contributed by atoms with Gasteiger partial charge in [0, 0.05) is 32.7 Å². The number of nitrogens with one attached hydrogen (secondary N) is 2. The van der Waals surface area contributed by atoms with Crippen molar-refractivity contribution in [1.82, 2.24) is 20.1 Å². The first-order chi connectivity index (χ1) is 8.08. The molecule has 2 rings (SSSR count). The van der Waals surface area contributed by atoms with Crippen molar-refractivity contribution < 1.29 is 8.42 Å². The smallest absolute Gasteiger partial charge is 0.228 e. The second-order valence-electron chi connectivity index (χ2n) is 4.89. The van der Waals surface area contributed by atoms with E-state index in [9.17, 15) is 8.42 Å². The van der Waals surface area contributed by atoms with Crippen LogP contribution in [0.2, 0.25) is 0 Å². The van der Waals surface area contributed by atoms with Gasteiger partial charge in [-0.1, -0.05) is 0 Å². The molecule has 0 saturated carbocycles. The third-order valence-electron chi connectivity index (χ3n) is 3.45. The van der Waals surface area contributed by atoms with Gasteiger partial charge in [0.25, 0.3) is 0 Å². The van der Waals surface area contributed by atoms with E-state index in [1.807, 2.05) is 5.01 Å². The molecule has 0 aromatic rings. The predicted molar refractivity (Wildman–Crippen MR) is 67.0 cm³/mol. The molecule has 0 amide bonds. The van der Waals surface area contributed by atoms with E-state index in [0.717, 1.165) is 45.6 Å². The second-order valence-corrected chi connectivity index (χ2v) is 6.83. The third-order valence-corrected chi connectivity index (χ3v) is 5.24. The van der Waals surface area contributed by atoms with Crippen molar-refractivity contribution in [1.29, 1.82) is 0 Å². The number of rotatable bonds is 3. The van der Waals surface area contributed by atoms with E-state index in [2.05, 4.69) is 22.1 Å². The Morgan fingerprint density at radius 3 is 2.53 bits per heavy atom. The minimum absolute atomic E-state index is 0.282. The predicted octanol–water partition coefficient (Wildman–Crippen LogP) is -1.18. The molecule has 0 spiro atoms. The lowest BCUT2D eigenvalue weighted by Gasteiger charge is -2.34. The fraction of sp³-hybridized carbons (Fsp3) is 1.00. The lowest BCUT2D eigenvalue weighted by atomic mass is 10.2. The first-order valence-corrected chi connectivity index (χ1v) is 7.78. The normalized spacial score (nSPS) is 29.4. The van der Waals surface area contributed by atoms with E-state index in [4.69, 9.17) is 0 Å². The summed E-state index contributed by atoms with van der Waals surface area (Å²) in [4.78, 5) is 4.93. The summed E-state index contributed by atoms with van der Waals surface area (Å²) in [6, 6.07) is 0. The van der Waals surface area contributed by atoms with Crippen LogP contribution in [0.5, 0.6) is 0 Å². The van der Waals surface area contributed by atoms with Gasteiger partial charge >= 0.3 is 0 Å². The molecule has 6 nitrogen and oxygen atoms in total. The van der Waals surface area contributed by atoms with Gasteiger partial charge in [0.05, 0.1) is 5.25 Å². The Labute approximate surface area is 103 Å². The second kappa shape index (κ2) is 5.62. The minimum Gasteiger partial charge on any atom is -0.315 e. The van der Waals surface area contributed by atoms with Crippen LogP contribution in [0.1, 0.15) is 12.8 Å². The Morgan fingerprint density at radius 2 is 1.94 bits per heavy atom. The van der Waals surface area contributed by atoms with E-state index in [1.54, 1.807) is 0 Å². The van der Waals surface area contributed by atoms with Gasteiger partial charge in [0.15, 0.2) is 0 Å². The quantitative estimate of drug-likeness (QED) is 0.670. The number of hydrogen-bond acceptors (Lipinski definition) is 5. The molecule has 1 unspecified atom stereocenters. The molecular weight excluding hydrogens is 240 g/mol. The third kappa shape index (κ3) is 3.62. The summed E-state index contributed by atoms with van der Waals surface area (Å²) < 4.78 is 24.3. The monoisotopic (exact) mass is 262 g/mol. The number of piperidine rings is 1. The molecule has 2 saturated heterocycles. The zero-order valence-corrected chi connectivity index (χ0v) is 11.2. The fourth-order valence-corrected chi connectivity index (χ4v) is 3.74. The summed E-state index contributed by atoms with van der Waals surface area (Å²) >= 11 is 0. The Hall–Kier alpha value is -0.210. The summed E-state index contributed by atoms with van der Waals surface area (Å²) in [5.41, 5.74) is 0. The lowest BCUT2D eigenvalue weighted by Crippen LogP contribution is -2.55. The van der Waals surface area contributed by atoms with Gasteiger partial charge in [-0.3, -0.25) is 0 Å². The van der Waals surface area contributed by atoms with Crippen molar-refractivity contribution in [2.75, 3.05) is 46.3 Å². The van der Waals surface area contributed by atoms with E-state index >= 15 is 0 Å². The first kappa shape index (κ1) is 13.2. The van der Waals surface area contributed by atoms with E-state index in [0.29, 0.717) is 6.54 Å². The molecule has 100 valence electrons. The molecule has 2 N–H and O–H groups in total. The van der Waals surface area contributed by atoms with Gasteiger partial charge < -0.3 is 10.2 Å². The van der Waals surface area contributed by atoms with Gasteiger partial charge in [-0.05, 0) is 26.4 Å². The molecule has 0 aliphatic carbocycles. The Morgan fingerprint density at radius 1 is 1.24 bits per heavy atom. The summed E-state index contributed by atoms with van der Waals surface area (Å²) in [5.74, 6) is 0. The van der Waals surface area contributed by atoms with Crippen LogP contribution in [0.4, 0.5) is 0 Å². The van der Waals surface area contributed by atoms with Crippen LogP contribution in [0, 0.1) is 0 Å². The average Bonchev–Trinajstić information content (AvgIpc) is 2.33. The number of nitrogens with zero attached hydrogens (tertiary/aromatic N) is 2. The van der Waals surface area contributed by atoms with Crippen molar-refractivity contribution in [3.8, 4) is 0 Å². The number of hydrogen-bond donors (Lipinski definition) is 2. The van der Waals surface area contributed by atoms with Crippen LogP contribution in [-0.4, -0.2) is 69.9 Å². The van der Waals surface area contributed by atoms with Crippen molar-refractivity contribution in [2.24, 2.45) is 0 Å². The maximum absolute atomic E-state index is 12.1. The van der Waals surface area contributed by atoms with Crippen molar-refractivity contribution in [3.63, 3.8) is 0 Å². The van der Waals surface area contributed by atoms with Crippen LogP contribution < -0.4 is 10.1 Å². The van der Waals surface area contributed by atoms with Crippen molar-refractivity contribution >= 4 is 10.0 Å². The van der Waals surface area contributed by atoms with E-state index in [1.165, 1.54) is 0 Å². The first-order valence-electron chi connectivity index (χ1n) is 6.23. The highest BCUT2D eigenvalue weighted by Crippen LogP contribution is 2.11. The Kier molecular flexibility index (Phi) is 4.37. The van der Waals surface area contributed by atoms with Crippen LogP contribution in [0.25, 0.3) is 0 Å². The number of likely N-dealkylation sites (N-methyl/N-ethyl adjacent to an activating group) is 1. The zero-order valence-electron chi connectivity index (χ0n) is 10.4. The minimum atomic E-state index is -3.21. The molecule has 0 radical (unpaired) electrons. The van der Waals surface area contributed by atoms with E-state index in [-0.39, 0.29) is 5.25 Å². The van der Waals surface area contributed by atoms with Crippen LogP contribution in [0.15, 0.2) is 0 Å². The highest BCUT2D eigenvalue weighted by molar-refractivity contribution is 7.90. The van der Waals surface area contributed by atoms with Gasteiger partial charge in [-0.15, -0.1) is 4.83 Å². The molecule has 2 aliphatic heterocycles. The molecule has 7 heteroatoms.